The monoisotopic (exact) mass is 203 g/mol. The van der Waals surface area contributed by atoms with Crippen molar-refractivity contribution in [3.05, 3.63) is 21.3 Å². The zero-order valence-corrected chi connectivity index (χ0v) is 9.22. The van der Waals surface area contributed by atoms with Gasteiger partial charge in [0.1, 0.15) is 0 Å². The summed E-state index contributed by atoms with van der Waals surface area (Å²) < 4.78 is 0.870. The standard InChI is InChI=1S/C9H14ClNS/c1-9(2,6-11-3)7-4-5-8(10)12-7/h4-5,11H,6H2,1-3H3. The molecule has 0 saturated heterocycles. The van der Waals surface area contributed by atoms with Crippen LogP contribution < -0.4 is 5.32 Å². The zero-order valence-electron chi connectivity index (χ0n) is 7.65. The smallest absolute Gasteiger partial charge is 0.0931 e. The first kappa shape index (κ1) is 10.0. The maximum atomic E-state index is 5.86. The van der Waals surface area contributed by atoms with E-state index >= 15 is 0 Å². The van der Waals surface area contributed by atoms with Gasteiger partial charge in [-0.1, -0.05) is 25.4 Å². The number of nitrogens with one attached hydrogen (secondary N) is 1. The molecule has 0 radical (unpaired) electrons. The van der Waals surface area contributed by atoms with Gasteiger partial charge >= 0.3 is 0 Å². The van der Waals surface area contributed by atoms with Crippen LogP contribution in [0.4, 0.5) is 0 Å². The molecular formula is C9H14ClNS. The van der Waals surface area contributed by atoms with E-state index in [4.69, 9.17) is 11.6 Å². The van der Waals surface area contributed by atoms with Gasteiger partial charge in [0.15, 0.2) is 0 Å². The normalized spacial score (nSPS) is 12.0. The molecule has 12 heavy (non-hydrogen) atoms. The summed E-state index contributed by atoms with van der Waals surface area (Å²) >= 11 is 7.52. The molecule has 0 aliphatic heterocycles. The Hall–Kier alpha value is -0.0500. The second-order valence-electron chi connectivity index (χ2n) is 3.52. The van der Waals surface area contributed by atoms with Crippen LogP contribution in [0.2, 0.25) is 4.34 Å². The number of thiophene rings is 1. The van der Waals surface area contributed by atoms with E-state index in [2.05, 4.69) is 25.2 Å². The predicted octanol–water partition coefficient (Wildman–Crippen LogP) is 2.90. The van der Waals surface area contributed by atoms with E-state index in [-0.39, 0.29) is 5.41 Å². The fourth-order valence-corrected chi connectivity index (χ4v) is 2.35. The summed E-state index contributed by atoms with van der Waals surface area (Å²) in [5.41, 5.74) is 0.187. The Morgan fingerprint density at radius 2 is 2.17 bits per heavy atom. The first-order chi connectivity index (χ1) is 5.56. The van der Waals surface area contributed by atoms with Crippen LogP contribution in [-0.4, -0.2) is 13.6 Å². The van der Waals surface area contributed by atoms with Crippen molar-refractivity contribution in [3.8, 4) is 0 Å². The van der Waals surface area contributed by atoms with Gasteiger partial charge in [-0.15, -0.1) is 11.3 Å². The Morgan fingerprint density at radius 3 is 2.58 bits per heavy atom. The van der Waals surface area contributed by atoms with Gasteiger partial charge in [-0.2, -0.15) is 0 Å². The van der Waals surface area contributed by atoms with Gasteiger partial charge in [-0.3, -0.25) is 0 Å². The minimum absolute atomic E-state index is 0.187. The minimum Gasteiger partial charge on any atom is -0.319 e. The van der Waals surface area contributed by atoms with Crippen molar-refractivity contribution in [2.24, 2.45) is 0 Å². The maximum Gasteiger partial charge on any atom is 0.0931 e. The Bertz CT molecular complexity index is 255. The Balaban J connectivity index is 2.81. The molecule has 1 N–H and O–H groups in total. The van der Waals surface area contributed by atoms with E-state index in [1.54, 1.807) is 11.3 Å². The van der Waals surface area contributed by atoms with Crippen molar-refractivity contribution in [2.45, 2.75) is 19.3 Å². The number of hydrogen-bond donors (Lipinski definition) is 1. The molecule has 68 valence electrons. The second-order valence-corrected chi connectivity index (χ2v) is 5.23. The molecule has 1 aromatic heterocycles. The average molecular weight is 204 g/mol. The molecule has 1 nitrogen and oxygen atoms in total. The molecule has 1 heterocycles. The van der Waals surface area contributed by atoms with E-state index < -0.39 is 0 Å². The quantitative estimate of drug-likeness (QED) is 0.797. The summed E-state index contributed by atoms with van der Waals surface area (Å²) in [4.78, 5) is 1.34. The molecule has 0 aliphatic carbocycles. The van der Waals surface area contributed by atoms with Crippen LogP contribution in [0.1, 0.15) is 18.7 Å². The van der Waals surface area contributed by atoms with Crippen molar-refractivity contribution in [1.82, 2.24) is 5.32 Å². The van der Waals surface area contributed by atoms with Crippen LogP contribution in [0, 0.1) is 0 Å². The summed E-state index contributed by atoms with van der Waals surface area (Å²) in [6.45, 7) is 5.40. The van der Waals surface area contributed by atoms with Gasteiger partial charge in [0.05, 0.1) is 4.34 Å². The summed E-state index contributed by atoms with van der Waals surface area (Å²) in [5, 5.41) is 3.18. The molecule has 0 aromatic carbocycles. The lowest BCUT2D eigenvalue weighted by Gasteiger charge is -2.22. The van der Waals surface area contributed by atoms with Crippen molar-refractivity contribution in [1.29, 1.82) is 0 Å². The summed E-state index contributed by atoms with van der Waals surface area (Å²) in [6, 6.07) is 4.06. The molecular weight excluding hydrogens is 190 g/mol. The first-order valence-electron chi connectivity index (χ1n) is 3.97. The third kappa shape index (κ3) is 2.22. The van der Waals surface area contributed by atoms with Crippen LogP contribution in [0.3, 0.4) is 0 Å². The lowest BCUT2D eigenvalue weighted by atomic mass is 9.92. The zero-order chi connectivity index (χ0) is 9.19. The summed E-state index contributed by atoms with van der Waals surface area (Å²) in [5.74, 6) is 0. The van der Waals surface area contributed by atoms with Crippen molar-refractivity contribution >= 4 is 22.9 Å². The Morgan fingerprint density at radius 1 is 1.50 bits per heavy atom. The van der Waals surface area contributed by atoms with Gasteiger partial charge in [0.25, 0.3) is 0 Å². The third-order valence-corrected chi connectivity index (χ3v) is 3.46. The van der Waals surface area contributed by atoms with Crippen LogP contribution in [0.25, 0.3) is 0 Å². The lowest BCUT2D eigenvalue weighted by molar-refractivity contribution is 0.503. The highest BCUT2D eigenvalue weighted by atomic mass is 35.5. The van der Waals surface area contributed by atoms with Crippen LogP contribution in [0.5, 0.6) is 0 Å². The van der Waals surface area contributed by atoms with E-state index in [0.717, 1.165) is 10.9 Å². The topological polar surface area (TPSA) is 12.0 Å². The van der Waals surface area contributed by atoms with Gasteiger partial charge < -0.3 is 5.32 Å². The molecule has 1 aromatic rings. The SMILES string of the molecule is CNCC(C)(C)c1ccc(Cl)s1. The highest BCUT2D eigenvalue weighted by Crippen LogP contribution is 2.31. The van der Waals surface area contributed by atoms with Gasteiger partial charge in [-0.25, -0.2) is 0 Å². The first-order valence-corrected chi connectivity index (χ1v) is 5.16. The van der Waals surface area contributed by atoms with E-state index in [1.165, 1.54) is 4.88 Å². The fourth-order valence-electron chi connectivity index (χ4n) is 1.21. The molecule has 0 aliphatic rings. The number of likely N-dealkylation sites (N-methyl/N-ethyl adjacent to an activating group) is 1. The molecule has 0 saturated carbocycles. The molecule has 0 atom stereocenters. The predicted molar refractivity (Wildman–Crippen MR) is 56.3 cm³/mol. The van der Waals surface area contributed by atoms with E-state index in [0.29, 0.717) is 0 Å². The molecule has 0 amide bonds. The molecule has 0 fully saturated rings. The van der Waals surface area contributed by atoms with E-state index in [1.807, 2.05) is 13.1 Å². The van der Waals surface area contributed by atoms with Crippen LogP contribution >= 0.6 is 22.9 Å². The minimum atomic E-state index is 0.187. The molecule has 0 spiro atoms. The Kier molecular flexibility index (Phi) is 3.16. The third-order valence-electron chi connectivity index (χ3n) is 1.86. The molecule has 1 rings (SSSR count). The second kappa shape index (κ2) is 3.77. The van der Waals surface area contributed by atoms with Crippen LogP contribution in [0.15, 0.2) is 12.1 Å². The van der Waals surface area contributed by atoms with Crippen molar-refractivity contribution < 1.29 is 0 Å². The van der Waals surface area contributed by atoms with Gasteiger partial charge in [0.2, 0.25) is 0 Å². The number of hydrogen-bond acceptors (Lipinski definition) is 2. The Labute approximate surface area is 82.7 Å². The molecule has 0 unspecified atom stereocenters. The highest BCUT2D eigenvalue weighted by molar-refractivity contribution is 7.16. The van der Waals surface area contributed by atoms with E-state index in [9.17, 15) is 0 Å². The fraction of sp³-hybridized carbons (Fsp3) is 0.556. The molecule has 3 heteroatoms. The van der Waals surface area contributed by atoms with Crippen LogP contribution in [-0.2, 0) is 5.41 Å². The number of halogens is 1. The summed E-state index contributed by atoms with van der Waals surface area (Å²) in [7, 11) is 1.97. The van der Waals surface area contributed by atoms with Crippen molar-refractivity contribution in [3.63, 3.8) is 0 Å². The molecule has 0 bridgehead atoms. The summed E-state index contributed by atoms with van der Waals surface area (Å²) in [6.07, 6.45) is 0. The largest absolute Gasteiger partial charge is 0.319 e. The number of rotatable bonds is 3. The highest BCUT2D eigenvalue weighted by Gasteiger charge is 2.21. The lowest BCUT2D eigenvalue weighted by Crippen LogP contribution is -2.29. The van der Waals surface area contributed by atoms with Crippen molar-refractivity contribution in [2.75, 3.05) is 13.6 Å². The van der Waals surface area contributed by atoms with Gasteiger partial charge in [0, 0.05) is 16.8 Å². The van der Waals surface area contributed by atoms with Gasteiger partial charge in [-0.05, 0) is 19.2 Å². The maximum absolute atomic E-state index is 5.86. The average Bonchev–Trinajstić information content (AvgIpc) is 2.36.